The molecule has 114 valence electrons. The highest BCUT2D eigenvalue weighted by atomic mass is 14.3. The van der Waals surface area contributed by atoms with Crippen LogP contribution in [0.25, 0.3) is 0 Å². The summed E-state index contributed by atoms with van der Waals surface area (Å²) < 4.78 is 0. The molecule has 1 aliphatic carbocycles. The molecule has 0 heteroatoms. The number of rotatable bonds is 2. The Morgan fingerprint density at radius 1 is 0.727 bits per heavy atom. The van der Waals surface area contributed by atoms with Crippen LogP contribution in [0.1, 0.15) is 60.3 Å². The number of hydrogen-bond donors (Lipinski definition) is 0. The van der Waals surface area contributed by atoms with Gasteiger partial charge in [0.2, 0.25) is 0 Å². The van der Waals surface area contributed by atoms with Gasteiger partial charge in [0.15, 0.2) is 0 Å². The monoisotopic (exact) mass is 290 g/mol. The first kappa shape index (κ1) is 15.1. The summed E-state index contributed by atoms with van der Waals surface area (Å²) in [5.41, 5.74) is 7.26. The van der Waals surface area contributed by atoms with Crippen LogP contribution in [-0.2, 0) is 0 Å². The third kappa shape index (κ3) is 3.02. The zero-order valence-corrected chi connectivity index (χ0v) is 14.0. The van der Waals surface area contributed by atoms with E-state index < -0.39 is 0 Å². The average molecular weight is 290 g/mol. The van der Waals surface area contributed by atoms with Crippen molar-refractivity contribution in [2.45, 2.75) is 51.9 Å². The van der Waals surface area contributed by atoms with E-state index in [1.54, 1.807) is 5.57 Å². The fourth-order valence-corrected chi connectivity index (χ4v) is 3.82. The van der Waals surface area contributed by atoms with Crippen LogP contribution < -0.4 is 0 Å². The van der Waals surface area contributed by atoms with Gasteiger partial charge in [-0.1, -0.05) is 77.7 Å². The number of aryl methyl sites for hydroxylation is 2. The predicted octanol–water partition coefficient (Wildman–Crippen LogP) is 6.30. The number of hydrogen-bond acceptors (Lipinski definition) is 0. The molecule has 0 aliphatic heterocycles. The summed E-state index contributed by atoms with van der Waals surface area (Å²) in [6.45, 7) is 6.54. The fraction of sp³-hybridized carbons (Fsp3) is 0.364. The molecule has 0 amide bonds. The highest BCUT2D eigenvalue weighted by molar-refractivity contribution is 5.40. The van der Waals surface area contributed by atoms with Crippen LogP contribution in [0.3, 0.4) is 0 Å². The van der Waals surface area contributed by atoms with Crippen molar-refractivity contribution in [2.24, 2.45) is 0 Å². The molecule has 2 atom stereocenters. The Morgan fingerprint density at radius 2 is 1.14 bits per heavy atom. The molecule has 2 aromatic carbocycles. The fourth-order valence-electron chi connectivity index (χ4n) is 3.82. The third-order valence-electron chi connectivity index (χ3n) is 5.08. The van der Waals surface area contributed by atoms with E-state index in [-0.39, 0.29) is 0 Å². The minimum atomic E-state index is 0.589. The predicted molar refractivity (Wildman–Crippen MR) is 95.4 cm³/mol. The van der Waals surface area contributed by atoms with E-state index in [0.717, 1.165) is 0 Å². The van der Waals surface area contributed by atoms with E-state index in [1.165, 1.54) is 41.5 Å². The second kappa shape index (κ2) is 6.52. The van der Waals surface area contributed by atoms with Crippen molar-refractivity contribution in [1.29, 1.82) is 0 Å². The van der Waals surface area contributed by atoms with E-state index in [0.29, 0.717) is 11.8 Å². The lowest BCUT2D eigenvalue weighted by atomic mass is 9.71. The first-order valence-electron chi connectivity index (χ1n) is 8.48. The zero-order chi connectivity index (χ0) is 15.5. The van der Waals surface area contributed by atoms with Crippen molar-refractivity contribution in [2.75, 3.05) is 0 Å². The Morgan fingerprint density at radius 3 is 1.50 bits per heavy atom. The van der Waals surface area contributed by atoms with Gasteiger partial charge in [-0.3, -0.25) is 0 Å². The van der Waals surface area contributed by atoms with E-state index in [9.17, 15) is 0 Å². The summed E-state index contributed by atoms with van der Waals surface area (Å²) in [7, 11) is 0. The molecule has 0 aromatic heterocycles. The molecule has 1 saturated carbocycles. The number of benzene rings is 2. The van der Waals surface area contributed by atoms with Crippen LogP contribution in [0.15, 0.2) is 60.2 Å². The van der Waals surface area contributed by atoms with Gasteiger partial charge < -0.3 is 0 Å². The minimum absolute atomic E-state index is 0.589. The van der Waals surface area contributed by atoms with E-state index >= 15 is 0 Å². The lowest BCUT2D eigenvalue weighted by Gasteiger charge is -2.33. The minimum Gasteiger partial charge on any atom is -0.0872 e. The summed E-state index contributed by atoms with van der Waals surface area (Å²) in [6, 6.07) is 18.3. The van der Waals surface area contributed by atoms with Gasteiger partial charge >= 0.3 is 0 Å². The molecule has 2 aromatic rings. The molecule has 3 rings (SSSR count). The SMILES string of the molecule is CC=C1[C@H](c2ccc(C)cc2)CCC[C@H]1c1ccc(C)cc1. The Balaban J connectivity index is 1.93. The summed E-state index contributed by atoms with van der Waals surface area (Å²) >= 11 is 0. The van der Waals surface area contributed by atoms with Crippen LogP contribution in [0.2, 0.25) is 0 Å². The van der Waals surface area contributed by atoms with Crippen molar-refractivity contribution in [3.8, 4) is 0 Å². The Kier molecular flexibility index (Phi) is 4.47. The molecule has 0 bridgehead atoms. The van der Waals surface area contributed by atoms with Gasteiger partial charge in [0.25, 0.3) is 0 Å². The van der Waals surface area contributed by atoms with Crippen molar-refractivity contribution in [3.05, 3.63) is 82.4 Å². The third-order valence-corrected chi connectivity index (χ3v) is 5.08. The Hall–Kier alpha value is -1.82. The Labute approximate surface area is 134 Å². The van der Waals surface area contributed by atoms with Gasteiger partial charge in [-0.15, -0.1) is 0 Å². The number of allylic oxidation sites excluding steroid dienone is 2. The molecule has 0 saturated heterocycles. The van der Waals surface area contributed by atoms with Crippen LogP contribution in [0.4, 0.5) is 0 Å². The van der Waals surface area contributed by atoms with Crippen molar-refractivity contribution >= 4 is 0 Å². The van der Waals surface area contributed by atoms with Crippen molar-refractivity contribution in [3.63, 3.8) is 0 Å². The standard InChI is InChI=1S/C22H26/c1-4-20-21(18-12-8-16(2)9-13-18)6-5-7-22(20)19-14-10-17(3)11-15-19/h4,8-15,21-22H,5-7H2,1-3H3/t21-,22-/m0/s1. The zero-order valence-electron chi connectivity index (χ0n) is 14.0. The largest absolute Gasteiger partial charge is 0.0872 e. The summed E-state index contributed by atoms with van der Waals surface area (Å²) in [5, 5.41) is 0. The van der Waals surface area contributed by atoms with Gasteiger partial charge in [0.05, 0.1) is 0 Å². The van der Waals surface area contributed by atoms with Crippen molar-refractivity contribution in [1.82, 2.24) is 0 Å². The topological polar surface area (TPSA) is 0 Å². The molecular formula is C22H26. The quantitative estimate of drug-likeness (QED) is 0.569. The van der Waals surface area contributed by atoms with Crippen LogP contribution in [0.5, 0.6) is 0 Å². The molecule has 1 aliphatic rings. The first-order valence-corrected chi connectivity index (χ1v) is 8.48. The summed E-state index contributed by atoms with van der Waals surface area (Å²) in [6.07, 6.45) is 6.25. The second-order valence-electron chi connectivity index (χ2n) is 6.65. The lowest BCUT2D eigenvalue weighted by Crippen LogP contribution is -2.17. The maximum Gasteiger partial charge on any atom is 0.00541 e. The van der Waals surface area contributed by atoms with E-state index in [2.05, 4.69) is 75.4 Å². The van der Waals surface area contributed by atoms with Gasteiger partial charge in [-0.05, 0) is 44.7 Å². The molecule has 0 unspecified atom stereocenters. The maximum absolute atomic E-state index is 2.37. The van der Waals surface area contributed by atoms with Crippen molar-refractivity contribution < 1.29 is 0 Å². The first-order chi connectivity index (χ1) is 10.7. The second-order valence-corrected chi connectivity index (χ2v) is 6.65. The summed E-state index contributed by atoms with van der Waals surface area (Å²) in [5.74, 6) is 1.18. The Bertz CT molecular complexity index is 588. The van der Waals surface area contributed by atoms with Gasteiger partial charge in [-0.2, -0.15) is 0 Å². The summed E-state index contributed by atoms with van der Waals surface area (Å²) in [4.78, 5) is 0. The highest BCUT2D eigenvalue weighted by Crippen LogP contribution is 2.45. The molecule has 22 heavy (non-hydrogen) atoms. The smallest absolute Gasteiger partial charge is 0.00541 e. The molecule has 1 fully saturated rings. The van der Waals surface area contributed by atoms with Gasteiger partial charge in [-0.25, -0.2) is 0 Å². The molecule has 0 N–H and O–H groups in total. The lowest BCUT2D eigenvalue weighted by molar-refractivity contribution is 0.492. The van der Waals surface area contributed by atoms with E-state index in [4.69, 9.17) is 0 Å². The average Bonchev–Trinajstić information content (AvgIpc) is 2.55. The van der Waals surface area contributed by atoms with Crippen LogP contribution in [0, 0.1) is 13.8 Å². The molecular weight excluding hydrogens is 264 g/mol. The van der Waals surface area contributed by atoms with E-state index in [1.807, 2.05) is 0 Å². The van der Waals surface area contributed by atoms with Crippen LogP contribution >= 0.6 is 0 Å². The van der Waals surface area contributed by atoms with Gasteiger partial charge in [0, 0.05) is 11.8 Å². The molecule has 0 heterocycles. The normalized spacial score (nSPS) is 21.7. The van der Waals surface area contributed by atoms with Crippen LogP contribution in [-0.4, -0.2) is 0 Å². The highest BCUT2D eigenvalue weighted by Gasteiger charge is 2.28. The van der Waals surface area contributed by atoms with Gasteiger partial charge in [0.1, 0.15) is 0 Å². The maximum atomic E-state index is 2.37. The molecule has 0 nitrogen and oxygen atoms in total. The molecule has 0 radical (unpaired) electrons. The molecule has 0 spiro atoms.